The summed E-state index contributed by atoms with van der Waals surface area (Å²) in [5.41, 5.74) is 2.08. The number of amides is 1. The van der Waals surface area contributed by atoms with Crippen LogP contribution in [0, 0.1) is 0 Å². The molecule has 30 heavy (non-hydrogen) atoms. The van der Waals surface area contributed by atoms with Gasteiger partial charge in [-0.25, -0.2) is 8.42 Å². The Morgan fingerprint density at radius 1 is 1.07 bits per heavy atom. The Morgan fingerprint density at radius 2 is 1.70 bits per heavy atom. The average Bonchev–Trinajstić information content (AvgIpc) is 2.75. The van der Waals surface area contributed by atoms with Crippen molar-refractivity contribution >= 4 is 15.7 Å². The van der Waals surface area contributed by atoms with Gasteiger partial charge >= 0.3 is 0 Å². The van der Waals surface area contributed by atoms with Crippen LogP contribution in [0.2, 0.25) is 0 Å². The summed E-state index contributed by atoms with van der Waals surface area (Å²) in [6.07, 6.45) is 1.66. The van der Waals surface area contributed by atoms with Gasteiger partial charge in [0.2, 0.25) is 5.91 Å². The molecule has 0 aromatic heterocycles. The van der Waals surface area contributed by atoms with Gasteiger partial charge in [-0.1, -0.05) is 42.5 Å². The van der Waals surface area contributed by atoms with E-state index in [0.29, 0.717) is 13.1 Å². The lowest BCUT2D eigenvalue weighted by Gasteiger charge is -2.34. The molecule has 2 atom stereocenters. The van der Waals surface area contributed by atoms with E-state index in [4.69, 9.17) is 4.74 Å². The molecule has 162 valence electrons. The molecule has 1 aliphatic rings. The van der Waals surface area contributed by atoms with Crippen LogP contribution in [0.15, 0.2) is 54.6 Å². The lowest BCUT2D eigenvalue weighted by Crippen LogP contribution is -2.49. The molecule has 0 bridgehead atoms. The van der Waals surface area contributed by atoms with Gasteiger partial charge in [0.15, 0.2) is 9.84 Å². The first-order chi connectivity index (χ1) is 14.4. The highest BCUT2D eigenvalue weighted by Crippen LogP contribution is 2.23. The number of rotatable bonds is 8. The molecule has 1 fully saturated rings. The van der Waals surface area contributed by atoms with Gasteiger partial charge in [-0.05, 0) is 43.0 Å². The first-order valence-electron chi connectivity index (χ1n) is 10.3. The molecule has 3 rings (SSSR count). The summed E-state index contributed by atoms with van der Waals surface area (Å²) < 4.78 is 28.8. The molecule has 0 spiro atoms. The molecule has 1 amide bonds. The van der Waals surface area contributed by atoms with Gasteiger partial charge in [0.05, 0.1) is 18.6 Å². The number of sulfone groups is 1. The second kappa shape index (κ2) is 10.1. The maximum absolute atomic E-state index is 13.2. The number of hydrogen-bond donors (Lipinski definition) is 1. The highest BCUT2D eigenvalue weighted by Gasteiger charge is 2.32. The lowest BCUT2D eigenvalue weighted by atomic mass is 10.0. The zero-order valence-electron chi connectivity index (χ0n) is 17.6. The predicted molar refractivity (Wildman–Crippen MR) is 118 cm³/mol. The Labute approximate surface area is 179 Å². The summed E-state index contributed by atoms with van der Waals surface area (Å²) in [7, 11) is -1.36. The van der Waals surface area contributed by atoms with Crippen LogP contribution in [0.25, 0.3) is 0 Å². The van der Waals surface area contributed by atoms with Crippen LogP contribution in [-0.2, 0) is 21.1 Å². The Bertz CT molecular complexity index is 915. The summed E-state index contributed by atoms with van der Waals surface area (Å²) in [5.74, 6) is 0.935. The number of methoxy groups -OCH3 is 1. The maximum atomic E-state index is 13.2. The van der Waals surface area contributed by atoms with Crippen LogP contribution in [-0.4, -0.2) is 57.0 Å². The standard InChI is InChI=1S/C23H30N2O4S/c1-18(8-9-19-10-12-21(29-2)13-11-19)24-23(26)22(20-6-4-3-5-7-20)25-14-16-30(27,28)17-15-25/h3-7,10-13,18,22H,8-9,14-17H2,1-2H3,(H,24,26). The Hall–Kier alpha value is -2.38. The third kappa shape index (κ3) is 6.06. The van der Waals surface area contributed by atoms with E-state index in [0.717, 1.165) is 24.2 Å². The Balaban J connectivity index is 1.63. The van der Waals surface area contributed by atoms with Gasteiger partial charge < -0.3 is 10.1 Å². The summed E-state index contributed by atoms with van der Waals surface area (Å²) in [4.78, 5) is 15.2. The van der Waals surface area contributed by atoms with Crippen molar-refractivity contribution in [3.05, 3.63) is 65.7 Å². The molecule has 7 heteroatoms. The van der Waals surface area contributed by atoms with E-state index in [1.165, 1.54) is 5.56 Å². The van der Waals surface area contributed by atoms with Crippen LogP contribution >= 0.6 is 0 Å². The molecular weight excluding hydrogens is 400 g/mol. The molecule has 0 aliphatic carbocycles. The van der Waals surface area contributed by atoms with Crippen LogP contribution < -0.4 is 10.1 Å². The minimum atomic E-state index is -3.01. The summed E-state index contributed by atoms with van der Waals surface area (Å²) in [6, 6.07) is 17.0. The van der Waals surface area contributed by atoms with Crippen LogP contribution in [0.3, 0.4) is 0 Å². The molecule has 1 aliphatic heterocycles. The number of aryl methyl sites for hydroxylation is 1. The Kier molecular flexibility index (Phi) is 7.50. The summed E-state index contributed by atoms with van der Waals surface area (Å²) in [6.45, 7) is 2.75. The second-order valence-electron chi connectivity index (χ2n) is 7.80. The van der Waals surface area contributed by atoms with Gasteiger partial charge in [-0.15, -0.1) is 0 Å². The summed E-state index contributed by atoms with van der Waals surface area (Å²) >= 11 is 0. The van der Waals surface area contributed by atoms with Gasteiger partial charge in [0.1, 0.15) is 11.8 Å². The van der Waals surface area contributed by atoms with Gasteiger partial charge in [0.25, 0.3) is 0 Å². The number of hydrogen-bond acceptors (Lipinski definition) is 5. The number of nitrogens with one attached hydrogen (secondary N) is 1. The highest BCUT2D eigenvalue weighted by atomic mass is 32.2. The van der Waals surface area contributed by atoms with Crippen molar-refractivity contribution in [2.75, 3.05) is 31.7 Å². The number of benzene rings is 2. The van der Waals surface area contributed by atoms with Crippen LogP contribution in [0.1, 0.15) is 30.5 Å². The van der Waals surface area contributed by atoms with Crippen molar-refractivity contribution in [3.8, 4) is 5.75 Å². The molecule has 1 heterocycles. The molecule has 1 N–H and O–H groups in total. The SMILES string of the molecule is COc1ccc(CCC(C)NC(=O)C(c2ccccc2)N2CCS(=O)(=O)CC2)cc1. The van der Waals surface area contributed by atoms with E-state index in [1.807, 2.05) is 66.4 Å². The lowest BCUT2D eigenvalue weighted by molar-refractivity contribution is -0.127. The minimum Gasteiger partial charge on any atom is -0.497 e. The van der Waals surface area contributed by atoms with Crippen molar-refractivity contribution in [2.24, 2.45) is 0 Å². The number of nitrogens with zero attached hydrogens (tertiary/aromatic N) is 1. The van der Waals surface area contributed by atoms with E-state index in [2.05, 4.69) is 5.32 Å². The molecule has 2 aromatic rings. The molecule has 0 saturated carbocycles. The first kappa shape index (κ1) is 22.3. The zero-order valence-corrected chi connectivity index (χ0v) is 18.4. The van der Waals surface area contributed by atoms with E-state index in [-0.39, 0.29) is 23.5 Å². The Morgan fingerprint density at radius 3 is 2.30 bits per heavy atom. The third-order valence-electron chi connectivity index (χ3n) is 5.52. The highest BCUT2D eigenvalue weighted by molar-refractivity contribution is 7.91. The zero-order chi connectivity index (χ0) is 21.6. The molecular formula is C23H30N2O4S. The number of ether oxygens (including phenoxy) is 1. The van der Waals surface area contributed by atoms with Gasteiger partial charge in [0, 0.05) is 19.1 Å². The molecule has 2 aromatic carbocycles. The van der Waals surface area contributed by atoms with E-state index < -0.39 is 15.9 Å². The topological polar surface area (TPSA) is 75.7 Å². The smallest absolute Gasteiger partial charge is 0.242 e. The fourth-order valence-corrected chi connectivity index (χ4v) is 4.95. The first-order valence-corrected chi connectivity index (χ1v) is 12.1. The summed E-state index contributed by atoms with van der Waals surface area (Å²) in [5, 5.41) is 3.13. The van der Waals surface area contributed by atoms with E-state index in [1.54, 1.807) is 7.11 Å². The van der Waals surface area contributed by atoms with E-state index >= 15 is 0 Å². The third-order valence-corrected chi connectivity index (χ3v) is 7.13. The molecule has 2 unspecified atom stereocenters. The van der Waals surface area contributed by atoms with Crippen molar-refractivity contribution in [1.82, 2.24) is 10.2 Å². The van der Waals surface area contributed by atoms with Crippen molar-refractivity contribution in [2.45, 2.75) is 31.8 Å². The maximum Gasteiger partial charge on any atom is 0.242 e. The van der Waals surface area contributed by atoms with Crippen LogP contribution in [0.4, 0.5) is 0 Å². The number of carbonyl (C=O) groups is 1. The van der Waals surface area contributed by atoms with Crippen molar-refractivity contribution < 1.29 is 17.9 Å². The second-order valence-corrected chi connectivity index (χ2v) is 10.1. The van der Waals surface area contributed by atoms with Gasteiger partial charge in [-0.3, -0.25) is 9.69 Å². The van der Waals surface area contributed by atoms with Crippen LogP contribution in [0.5, 0.6) is 5.75 Å². The molecule has 1 saturated heterocycles. The monoisotopic (exact) mass is 430 g/mol. The average molecular weight is 431 g/mol. The van der Waals surface area contributed by atoms with E-state index in [9.17, 15) is 13.2 Å². The normalized spacial score (nSPS) is 18.3. The fraction of sp³-hybridized carbons (Fsp3) is 0.435. The molecule has 6 nitrogen and oxygen atoms in total. The van der Waals surface area contributed by atoms with Gasteiger partial charge in [-0.2, -0.15) is 0 Å². The molecule has 0 radical (unpaired) electrons. The minimum absolute atomic E-state index is 0.000614. The number of carbonyl (C=O) groups excluding carboxylic acids is 1. The quantitative estimate of drug-likeness (QED) is 0.697. The fourth-order valence-electron chi connectivity index (χ4n) is 3.72. The predicted octanol–water partition coefficient (Wildman–Crippen LogP) is 2.60. The van der Waals surface area contributed by atoms with Crippen molar-refractivity contribution in [1.29, 1.82) is 0 Å². The van der Waals surface area contributed by atoms with Crippen molar-refractivity contribution in [3.63, 3.8) is 0 Å². The largest absolute Gasteiger partial charge is 0.497 e.